The summed E-state index contributed by atoms with van der Waals surface area (Å²) in [6, 6.07) is 9.52. The molecule has 2 aliphatic heterocycles. The van der Waals surface area contributed by atoms with Gasteiger partial charge in [-0.3, -0.25) is 4.79 Å². The van der Waals surface area contributed by atoms with E-state index in [2.05, 4.69) is 0 Å². The van der Waals surface area contributed by atoms with Crippen LogP contribution in [0.5, 0.6) is 5.75 Å². The molecule has 21 heavy (non-hydrogen) atoms. The SMILES string of the molecule is CO[C@@H]1CN(C(=O)COc2ccccc2)[C@H]2CCCO[C@@H]12. The van der Waals surface area contributed by atoms with E-state index in [9.17, 15) is 4.79 Å². The van der Waals surface area contributed by atoms with Crippen molar-refractivity contribution < 1.29 is 19.0 Å². The fraction of sp³-hybridized carbons (Fsp3) is 0.562. The van der Waals surface area contributed by atoms with Gasteiger partial charge in [-0.05, 0) is 25.0 Å². The molecule has 3 rings (SSSR count). The van der Waals surface area contributed by atoms with Crippen LogP contribution in [0.1, 0.15) is 12.8 Å². The third kappa shape index (κ3) is 3.04. The Bertz CT molecular complexity index is 478. The number of fused-ring (bicyclic) bond motifs is 1. The fourth-order valence-electron chi connectivity index (χ4n) is 3.15. The van der Waals surface area contributed by atoms with E-state index < -0.39 is 0 Å². The molecule has 114 valence electrons. The van der Waals surface area contributed by atoms with E-state index in [0.717, 1.165) is 19.4 Å². The van der Waals surface area contributed by atoms with E-state index in [1.165, 1.54) is 0 Å². The smallest absolute Gasteiger partial charge is 0.260 e. The lowest BCUT2D eigenvalue weighted by Gasteiger charge is -2.31. The van der Waals surface area contributed by atoms with Gasteiger partial charge in [0.05, 0.1) is 6.04 Å². The molecule has 2 saturated heterocycles. The van der Waals surface area contributed by atoms with Gasteiger partial charge < -0.3 is 19.1 Å². The standard InChI is InChI=1S/C16H21NO4/c1-19-14-10-17(13-8-5-9-20-16(13)14)15(18)11-21-12-6-3-2-4-7-12/h2-4,6-7,13-14,16H,5,8-11H2,1H3/t13-,14+,16+/m0/s1. The Labute approximate surface area is 124 Å². The van der Waals surface area contributed by atoms with Crippen molar-refractivity contribution in [3.63, 3.8) is 0 Å². The Morgan fingerprint density at radius 3 is 2.95 bits per heavy atom. The molecule has 2 aliphatic rings. The van der Waals surface area contributed by atoms with Gasteiger partial charge >= 0.3 is 0 Å². The molecule has 0 aliphatic carbocycles. The minimum Gasteiger partial charge on any atom is -0.484 e. The number of para-hydroxylation sites is 1. The fourth-order valence-corrected chi connectivity index (χ4v) is 3.15. The number of carbonyl (C=O) groups excluding carboxylic acids is 1. The first kappa shape index (κ1) is 14.4. The van der Waals surface area contributed by atoms with Crippen LogP contribution in [-0.2, 0) is 14.3 Å². The van der Waals surface area contributed by atoms with Gasteiger partial charge in [0, 0.05) is 20.3 Å². The molecule has 2 heterocycles. The Morgan fingerprint density at radius 2 is 2.19 bits per heavy atom. The van der Waals surface area contributed by atoms with E-state index in [1.807, 2.05) is 35.2 Å². The first-order chi connectivity index (χ1) is 10.3. The lowest BCUT2D eigenvalue weighted by atomic mass is 10.0. The minimum absolute atomic E-state index is 0.00102. The topological polar surface area (TPSA) is 48.0 Å². The maximum absolute atomic E-state index is 12.4. The lowest BCUT2D eigenvalue weighted by molar-refractivity contribution is -0.136. The van der Waals surface area contributed by atoms with Crippen LogP contribution >= 0.6 is 0 Å². The number of nitrogens with zero attached hydrogens (tertiary/aromatic N) is 1. The van der Waals surface area contributed by atoms with Gasteiger partial charge in [0.2, 0.25) is 0 Å². The Hall–Kier alpha value is -1.59. The maximum atomic E-state index is 12.4. The summed E-state index contributed by atoms with van der Waals surface area (Å²) >= 11 is 0. The quantitative estimate of drug-likeness (QED) is 0.843. The molecular weight excluding hydrogens is 270 g/mol. The number of ether oxygens (including phenoxy) is 3. The average Bonchev–Trinajstić information content (AvgIpc) is 2.92. The van der Waals surface area contributed by atoms with Crippen molar-refractivity contribution in [2.45, 2.75) is 31.1 Å². The molecule has 2 fully saturated rings. The van der Waals surface area contributed by atoms with Gasteiger partial charge in [0.15, 0.2) is 6.61 Å². The summed E-state index contributed by atoms with van der Waals surface area (Å²) in [6.07, 6.45) is 1.93. The summed E-state index contributed by atoms with van der Waals surface area (Å²) in [5.41, 5.74) is 0. The minimum atomic E-state index is -0.0315. The molecule has 5 nitrogen and oxygen atoms in total. The predicted octanol–water partition coefficient (Wildman–Crippen LogP) is 1.47. The van der Waals surface area contributed by atoms with Crippen molar-refractivity contribution in [2.24, 2.45) is 0 Å². The molecule has 0 unspecified atom stereocenters. The summed E-state index contributed by atoms with van der Waals surface area (Å²) in [6.45, 7) is 1.40. The van der Waals surface area contributed by atoms with Crippen molar-refractivity contribution in [1.29, 1.82) is 0 Å². The average molecular weight is 291 g/mol. The summed E-state index contributed by atoms with van der Waals surface area (Å²) in [7, 11) is 1.67. The molecule has 0 radical (unpaired) electrons. The van der Waals surface area contributed by atoms with Crippen molar-refractivity contribution in [3.05, 3.63) is 30.3 Å². The van der Waals surface area contributed by atoms with Gasteiger partial charge in [-0.1, -0.05) is 18.2 Å². The molecule has 1 aromatic rings. The zero-order valence-electron chi connectivity index (χ0n) is 12.2. The first-order valence-corrected chi connectivity index (χ1v) is 7.41. The predicted molar refractivity (Wildman–Crippen MR) is 77.2 cm³/mol. The van der Waals surface area contributed by atoms with Crippen LogP contribution < -0.4 is 4.74 Å². The highest BCUT2D eigenvalue weighted by Gasteiger charge is 2.46. The Balaban J connectivity index is 1.61. The van der Waals surface area contributed by atoms with Gasteiger partial charge in [-0.25, -0.2) is 0 Å². The number of amides is 1. The zero-order chi connectivity index (χ0) is 14.7. The molecule has 1 aromatic carbocycles. The first-order valence-electron chi connectivity index (χ1n) is 7.41. The van der Waals surface area contributed by atoms with E-state index in [4.69, 9.17) is 14.2 Å². The molecule has 0 bridgehead atoms. The van der Waals surface area contributed by atoms with Crippen LogP contribution in [0.3, 0.4) is 0 Å². The number of rotatable bonds is 4. The Morgan fingerprint density at radius 1 is 1.38 bits per heavy atom. The zero-order valence-corrected chi connectivity index (χ0v) is 12.2. The van der Waals surface area contributed by atoms with E-state index in [0.29, 0.717) is 12.3 Å². The van der Waals surface area contributed by atoms with Crippen molar-refractivity contribution >= 4 is 5.91 Å². The van der Waals surface area contributed by atoms with E-state index in [-0.39, 0.29) is 30.8 Å². The number of methoxy groups -OCH3 is 1. The van der Waals surface area contributed by atoms with Crippen LogP contribution in [0, 0.1) is 0 Å². The van der Waals surface area contributed by atoms with Crippen LogP contribution in [-0.4, -0.2) is 55.9 Å². The van der Waals surface area contributed by atoms with Crippen molar-refractivity contribution in [1.82, 2.24) is 4.90 Å². The number of hydrogen-bond acceptors (Lipinski definition) is 4. The van der Waals surface area contributed by atoms with Gasteiger partial charge in [0.1, 0.15) is 18.0 Å². The van der Waals surface area contributed by atoms with Gasteiger partial charge in [-0.15, -0.1) is 0 Å². The van der Waals surface area contributed by atoms with Crippen molar-refractivity contribution in [3.8, 4) is 5.75 Å². The largest absolute Gasteiger partial charge is 0.484 e. The monoisotopic (exact) mass is 291 g/mol. The highest BCUT2D eigenvalue weighted by atomic mass is 16.5. The van der Waals surface area contributed by atoms with Crippen LogP contribution in [0.4, 0.5) is 0 Å². The molecular formula is C16H21NO4. The summed E-state index contributed by atoms with van der Waals surface area (Å²) in [4.78, 5) is 14.3. The third-order valence-electron chi connectivity index (χ3n) is 4.21. The number of carbonyl (C=O) groups is 1. The Kier molecular flexibility index (Phi) is 4.41. The van der Waals surface area contributed by atoms with E-state index in [1.54, 1.807) is 7.11 Å². The van der Waals surface area contributed by atoms with Crippen LogP contribution in [0.25, 0.3) is 0 Å². The van der Waals surface area contributed by atoms with Crippen LogP contribution in [0.2, 0.25) is 0 Å². The summed E-state index contributed by atoms with van der Waals surface area (Å²) < 4.78 is 16.8. The molecule has 1 amide bonds. The maximum Gasteiger partial charge on any atom is 0.260 e. The van der Waals surface area contributed by atoms with Gasteiger partial charge in [0.25, 0.3) is 5.91 Å². The van der Waals surface area contributed by atoms with E-state index >= 15 is 0 Å². The number of likely N-dealkylation sites (tertiary alicyclic amines) is 1. The number of benzene rings is 1. The second-order valence-electron chi connectivity index (χ2n) is 5.47. The number of hydrogen-bond donors (Lipinski definition) is 0. The highest BCUT2D eigenvalue weighted by molar-refractivity contribution is 5.78. The van der Waals surface area contributed by atoms with Crippen molar-refractivity contribution in [2.75, 3.05) is 26.9 Å². The second-order valence-corrected chi connectivity index (χ2v) is 5.47. The van der Waals surface area contributed by atoms with Crippen LogP contribution in [0.15, 0.2) is 30.3 Å². The molecule has 3 atom stereocenters. The highest BCUT2D eigenvalue weighted by Crippen LogP contribution is 2.30. The summed E-state index contributed by atoms with van der Waals surface area (Å²) in [5.74, 6) is 0.712. The second kappa shape index (κ2) is 6.45. The third-order valence-corrected chi connectivity index (χ3v) is 4.21. The normalized spacial score (nSPS) is 28.2. The molecule has 5 heteroatoms. The van der Waals surface area contributed by atoms with Gasteiger partial charge in [-0.2, -0.15) is 0 Å². The lowest BCUT2D eigenvalue weighted by Crippen LogP contribution is -2.45. The molecule has 0 saturated carbocycles. The molecule has 0 aromatic heterocycles. The molecule has 0 spiro atoms. The molecule has 0 N–H and O–H groups in total. The summed E-state index contributed by atoms with van der Waals surface area (Å²) in [5, 5.41) is 0.